The van der Waals surface area contributed by atoms with Crippen LogP contribution in [0.4, 0.5) is 11.4 Å². The average molecular weight is 564 g/mol. The van der Waals surface area contributed by atoms with Gasteiger partial charge in [0.1, 0.15) is 18.2 Å². The maximum atomic E-state index is 12.6. The number of amides is 1. The van der Waals surface area contributed by atoms with Gasteiger partial charge in [-0.3, -0.25) is 4.79 Å². The van der Waals surface area contributed by atoms with E-state index in [1.807, 2.05) is 19.0 Å². The summed E-state index contributed by atoms with van der Waals surface area (Å²) in [6.07, 6.45) is 2.21. The minimum Gasteiger partial charge on any atom is -0.475 e. The van der Waals surface area contributed by atoms with Crippen LogP contribution in [0.3, 0.4) is 0 Å². The van der Waals surface area contributed by atoms with Crippen molar-refractivity contribution in [3.8, 4) is 18.0 Å². The zero-order valence-corrected chi connectivity index (χ0v) is 24.6. The third-order valence-corrected chi connectivity index (χ3v) is 8.20. The number of pyridine rings is 1. The Bertz CT molecular complexity index is 1580. The molecule has 0 unspecified atom stereocenters. The number of rotatable bonds is 8. The fourth-order valence-electron chi connectivity index (χ4n) is 6.13. The Morgan fingerprint density at radius 1 is 1.17 bits per heavy atom. The Kier molecular flexibility index (Phi) is 8.61. The Labute approximate surface area is 247 Å². The van der Waals surface area contributed by atoms with E-state index >= 15 is 0 Å². The summed E-state index contributed by atoms with van der Waals surface area (Å²) in [4.78, 5) is 25.8. The molecule has 5 rings (SSSR count). The van der Waals surface area contributed by atoms with Crippen molar-refractivity contribution in [3.63, 3.8) is 0 Å². The molecule has 9 nitrogen and oxygen atoms in total. The zero-order chi connectivity index (χ0) is 29.8. The summed E-state index contributed by atoms with van der Waals surface area (Å²) in [5.74, 6) is 0.159. The fraction of sp³-hybridized carbons (Fsp3) is 0.394. The lowest BCUT2D eigenvalue weighted by atomic mass is 9.95. The van der Waals surface area contributed by atoms with Crippen molar-refractivity contribution in [1.29, 1.82) is 10.5 Å². The number of nitriles is 2. The number of piperazine rings is 1. The van der Waals surface area contributed by atoms with E-state index in [1.54, 1.807) is 4.90 Å². The second-order valence-corrected chi connectivity index (χ2v) is 11.1. The summed E-state index contributed by atoms with van der Waals surface area (Å²) < 4.78 is 6.17. The molecule has 0 saturated carbocycles. The molecule has 2 aromatic carbocycles. The molecule has 0 aliphatic carbocycles. The second kappa shape index (κ2) is 12.5. The van der Waals surface area contributed by atoms with Gasteiger partial charge in [0, 0.05) is 49.4 Å². The SMILES string of the molecule is C=CC(=O)N1CCN(c2c(C#N)c(OCCN(C)C)nc3c2CCN(c2cccc4cccc(C)c24)C3)C[C@@H]1CC#N. The molecule has 0 spiro atoms. The molecule has 42 heavy (non-hydrogen) atoms. The number of hydrogen-bond donors (Lipinski definition) is 0. The highest BCUT2D eigenvalue weighted by Crippen LogP contribution is 2.40. The van der Waals surface area contributed by atoms with E-state index in [0.29, 0.717) is 57.2 Å². The van der Waals surface area contributed by atoms with Gasteiger partial charge in [-0.05, 0) is 50.5 Å². The van der Waals surface area contributed by atoms with Crippen molar-refractivity contribution in [2.24, 2.45) is 0 Å². The lowest BCUT2D eigenvalue weighted by molar-refractivity contribution is -0.128. The molecule has 2 aliphatic rings. The molecular formula is C33H37N7O2. The first-order valence-electron chi connectivity index (χ1n) is 14.4. The molecule has 1 amide bonds. The largest absolute Gasteiger partial charge is 0.475 e. The van der Waals surface area contributed by atoms with Crippen molar-refractivity contribution < 1.29 is 9.53 Å². The summed E-state index contributed by atoms with van der Waals surface area (Å²) >= 11 is 0. The lowest BCUT2D eigenvalue weighted by Crippen LogP contribution is -2.55. The van der Waals surface area contributed by atoms with Gasteiger partial charge >= 0.3 is 0 Å². The zero-order valence-electron chi connectivity index (χ0n) is 24.6. The van der Waals surface area contributed by atoms with Crippen LogP contribution in [-0.2, 0) is 17.8 Å². The van der Waals surface area contributed by atoms with Gasteiger partial charge in [0.05, 0.1) is 36.5 Å². The van der Waals surface area contributed by atoms with Crippen LogP contribution in [0.25, 0.3) is 10.8 Å². The molecule has 1 atom stereocenters. The molecule has 2 aliphatic heterocycles. The van der Waals surface area contributed by atoms with Crippen molar-refractivity contribution in [2.45, 2.75) is 32.4 Å². The maximum absolute atomic E-state index is 12.6. The smallest absolute Gasteiger partial charge is 0.246 e. The van der Waals surface area contributed by atoms with Gasteiger partial charge in [0.25, 0.3) is 0 Å². The van der Waals surface area contributed by atoms with E-state index in [0.717, 1.165) is 23.5 Å². The number of anilines is 2. The second-order valence-electron chi connectivity index (χ2n) is 11.1. The van der Waals surface area contributed by atoms with E-state index in [-0.39, 0.29) is 18.4 Å². The Morgan fingerprint density at radius 3 is 2.67 bits per heavy atom. The van der Waals surface area contributed by atoms with E-state index in [2.05, 4.69) is 71.8 Å². The van der Waals surface area contributed by atoms with E-state index in [9.17, 15) is 15.3 Å². The number of carbonyl (C=O) groups is 1. The fourth-order valence-corrected chi connectivity index (χ4v) is 6.13. The van der Waals surface area contributed by atoms with Crippen LogP contribution >= 0.6 is 0 Å². The van der Waals surface area contributed by atoms with E-state index < -0.39 is 0 Å². The average Bonchev–Trinajstić information content (AvgIpc) is 2.99. The number of likely N-dealkylation sites (N-methyl/N-ethyl adjacent to an activating group) is 1. The molecule has 0 N–H and O–H groups in total. The van der Waals surface area contributed by atoms with Gasteiger partial charge in [-0.15, -0.1) is 0 Å². The van der Waals surface area contributed by atoms with Crippen LogP contribution < -0.4 is 14.5 Å². The number of ether oxygens (including phenoxy) is 1. The van der Waals surface area contributed by atoms with Crippen LogP contribution in [0, 0.1) is 29.6 Å². The molecule has 9 heteroatoms. The predicted octanol–water partition coefficient (Wildman–Crippen LogP) is 4.03. The summed E-state index contributed by atoms with van der Waals surface area (Å²) in [6, 6.07) is 17.1. The van der Waals surface area contributed by atoms with Gasteiger partial charge in [-0.25, -0.2) is 4.98 Å². The third-order valence-electron chi connectivity index (χ3n) is 8.20. The highest BCUT2D eigenvalue weighted by molar-refractivity contribution is 5.97. The number of aryl methyl sites for hydroxylation is 1. The molecule has 1 saturated heterocycles. The van der Waals surface area contributed by atoms with Gasteiger partial charge < -0.3 is 24.3 Å². The highest BCUT2D eigenvalue weighted by atomic mass is 16.5. The van der Waals surface area contributed by atoms with Gasteiger partial charge in [-0.2, -0.15) is 10.5 Å². The third kappa shape index (κ3) is 5.61. The Morgan fingerprint density at radius 2 is 1.95 bits per heavy atom. The number of benzene rings is 2. The number of aromatic nitrogens is 1. The molecule has 3 aromatic rings. The monoisotopic (exact) mass is 563 g/mol. The number of carbonyl (C=O) groups excluding carboxylic acids is 1. The van der Waals surface area contributed by atoms with E-state index in [4.69, 9.17) is 9.72 Å². The van der Waals surface area contributed by atoms with Crippen LogP contribution in [0.1, 0.15) is 28.8 Å². The molecular weight excluding hydrogens is 526 g/mol. The molecule has 1 aromatic heterocycles. The Balaban J connectivity index is 1.57. The lowest BCUT2D eigenvalue weighted by Gasteiger charge is -2.43. The normalized spacial score (nSPS) is 16.6. The van der Waals surface area contributed by atoms with E-state index in [1.165, 1.54) is 28.1 Å². The topological polar surface area (TPSA) is 99.7 Å². The van der Waals surface area contributed by atoms with Crippen LogP contribution in [-0.4, -0.2) is 80.2 Å². The van der Waals surface area contributed by atoms with Crippen LogP contribution in [0.2, 0.25) is 0 Å². The summed E-state index contributed by atoms with van der Waals surface area (Å²) in [5, 5.41) is 22.4. The highest BCUT2D eigenvalue weighted by Gasteiger charge is 2.35. The summed E-state index contributed by atoms with van der Waals surface area (Å²) in [5.41, 5.74) is 5.57. The minimum atomic E-state index is -0.304. The quantitative estimate of drug-likeness (QED) is 0.379. The first kappa shape index (κ1) is 28.9. The summed E-state index contributed by atoms with van der Waals surface area (Å²) in [6.45, 7) is 9.66. The van der Waals surface area contributed by atoms with Gasteiger partial charge in [0.15, 0.2) is 0 Å². The number of fused-ring (bicyclic) bond motifs is 2. The van der Waals surface area contributed by atoms with Crippen LogP contribution in [0.5, 0.6) is 5.88 Å². The van der Waals surface area contributed by atoms with Crippen molar-refractivity contribution in [3.05, 3.63) is 71.4 Å². The first-order valence-corrected chi connectivity index (χ1v) is 14.4. The first-order chi connectivity index (χ1) is 20.4. The molecule has 1 fully saturated rings. The molecule has 0 bridgehead atoms. The molecule has 3 heterocycles. The number of hydrogen-bond acceptors (Lipinski definition) is 8. The van der Waals surface area contributed by atoms with Crippen molar-refractivity contribution in [1.82, 2.24) is 14.8 Å². The molecule has 0 radical (unpaired) electrons. The van der Waals surface area contributed by atoms with Gasteiger partial charge in [-0.1, -0.05) is 36.9 Å². The van der Waals surface area contributed by atoms with Crippen molar-refractivity contribution >= 4 is 28.1 Å². The summed E-state index contributed by atoms with van der Waals surface area (Å²) in [7, 11) is 3.95. The minimum absolute atomic E-state index is 0.180. The molecule has 216 valence electrons. The van der Waals surface area contributed by atoms with Crippen LogP contribution in [0.15, 0.2) is 49.1 Å². The standard InChI is InChI=1S/C33H37N7O2/c1-5-30(41)40-17-16-39(21-25(40)12-14-34)32-26-13-15-38(29-11-7-10-24-9-6-8-23(2)31(24)29)22-28(26)36-33(27(32)20-35)42-19-18-37(3)4/h5-11,25H,1,12-13,15-19,21-22H2,2-4H3/t25-/m0/s1. The maximum Gasteiger partial charge on any atom is 0.246 e. The Hall–Kier alpha value is -4.60. The van der Waals surface area contributed by atoms with Crippen molar-refractivity contribution in [2.75, 3.05) is 63.2 Å². The van der Waals surface area contributed by atoms with Gasteiger partial charge in [0.2, 0.25) is 11.8 Å². The predicted molar refractivity (Wildman–Crippen MR) is 165 cm³/mol. The number of nitrogens with zero attached hydrogens (tertiary/aromatic N) is 7.